The van der Waals surface area contributed by atoms with Crippen molar-refractivity contribution in [1.29, 1.82) is 0 Å². The van der Waals surface area contributed by atoms with Gasteiger partial charge in [-0.3, -0.25) is 4.79 Å². The maximum Gasteiger partial charge on any atom is 0.416 e. The van der Waals surface area contributed by atoms with Crippen LogP contribution in [0.25, 0.3) is 0 Å². The summed E-state index contributed by atoms with van der Waals surface area (Å²) in [5.74, 6) is -0.925. The quantitative estimate of drug-likeness (QED) is 0.616. The number of amides is 1. The topological polar surface area (TPSA) is 23.6 Å². The van der Waals surface area contributed by atoms with Crippen molar-refractivity contribution in [3.05, 3.63) is 58.4 Å². The van der Waals surface area contributed by atoms with Crippen molar-refractivity contribution in [3.8, 4) is 0 Å². The molecule has 148 valence electrons. The van der Waals surface area contributed by atoms with Crippen molar-refractivity contribution in [1.82, 2.24) is 0 Å². The molecule has 1 amide bonds. The predicted molar refractivity (Wildman–Crippen MR) is 99.0 cm³/mol. The van der Waals surface area contributed by atoms with Crippen LogP contribution in [0, 0.1) is 5.82 Å². The van der Waals surface area contributed by atoms with Crippen molar-refractivity contribution in [2.45, 2.75) is 38.0 Å². The Morgan fingerprint density at radius 3 is 2.61 bits per heavy atom. The zero-order valence-electron chi connectivity index (χ0n) is 14.8. The summed E-state index contributed by atoms with van der Waals surface area (Å²) in [5, 5.41) is 0.132. The lowest BCUT2D eigenvalue weighted by Gasteiger charge is -2.45. The van der Waals surface area contributed by atoms with Gasteiger partial charge in [-0.15, -0.1) is 0 Å². The first kappa shape index (κ1) is 19.1. The average Bonchev–Trinajstić information content (AvgIpc) is 2.66. The Labute approximate surface area is 164 Å². The van der Waals surface area contributed by atoms with Crippen LogP contribution in [0.15, 0.2) is 36.4 Å². The third-order valence-corrected chi connectivity index (χ3v) is 5.69. The van der Waals surface area contributed by atoms with E-state index in [1.165, 1.54) is 29.2 Å². The standard InChI is InChI=1S/C20H17ClF4N2O/c21-14-4-3-5-15(22)13(14)11-27-18-10-12(20(23,24)25)7-8-16(18)26-9-2-1-6-17(26)19(27)28/h3-5,7-8,10,17H,1-2,6,9,11H2/t17-/m0/s1. The minimum absolute atomic E-state index is 0.0881. The van der Waals surface area contributed by atoms with Gasteiger partial charge in [-0.05, 0) is 49.6 Å². The van der Waals surface area contributed by atoms with Crippen molar-refractivity contribution < 1.29 is 22.4 Å². The molecule has 2 aromatic carbocycles. The van der Waals surface area contributed by atoms with Gasteiger partial charge in [0.15, 0.2) is 0 Å². The smallest absolute Gasteiger partial charge is 0.358 e. The summed E-state index contributed by atoms with van der Waals surface area (Å²) in [6, 6.07) is 7.09. The van der Waals surface area contributed by atoms with Crippen LogP contribution in [0.3, 0.4) is 0 Å². The summed E-state index contributed by atoms with van der Waals surface area (Å²) in [7, 11) is 0. The molecule has 2 heterocycles. The highest BCUT2D eigenvalue weighted by atomic mass is 35.5. The molecule has 3 nitrogen and oxygen atoms in total. The van der Waals surface area contributed by atoms with Gasteiger partial charge in [-0.2, -0.15) is 13.2 Å². The van der Waals surface area contributed by atoms with Crippen LogP contribution in [0.1, 0.15) is 30.4 Å². The van der Waals surface area contributed by atoms with Gasteiger partial charge in [0, 0.05) is 17.1 Å². The summed E-state index contributed by atoms with van der Waals surface area (Å²) in [4.78, 5) is 16.2. The minimum Gasteiger partial charge on any atom is -0.358 e. The van der Waals surface area contributed by atoms with E-state index in [1.54, 1.807) is 0 Å². The number of hydrogen-bond acceptors (Lipinski definition) is 2. The number of anilines is 2. The monoisotopic (exact) mass is 412 g/mol. The van der Waals surface area contributed by atoms with Crippen molar-refractivity contribution in [3.63, 3.8) is 0 Å². The number of carbonyl (C=O) groups is 1. The van der Waals surface area contributed by atoms with Gasteiger partial charge >= 0.3 is 6.18 Å². The molecular formula is C20H17ClF4N2O. The molecule has 8 heteroatoms. The van der Waals surface area contributed by atoms with E-state index in [-0.39, 0.29) is 28.7 Å². The van der Waals surface area contributed by atoms with E-state index < -0.39 is 23.6 Å². The molecule has 28 heavy (non-hydrogen) atoms. The lowest BCUT2D eigenvalue weighted by atomic mass is 9.95. The first-order valence-electron chi connectivity index (χ1n) is 8.99. The lowest BCUT2D eigenvalue weighted by Crippen LogP contribution is -2.55. The van der Waals surface area contributed by atoms with Gasteiger partial charge in [0.1, 0.15) is 11.9 Å². The molecule has 0 radical (unpaired) electrons. The zero-order valence-corrected chi connectivity index (χ0v) is 15.5. The van der Waals surface area contributed by atoms with Crippen molar-refractivity contribution in [2.75, 3.05) is 16.3 Å². The van der Waals surface area contributed by atoms with Crippen LogP contribution in [0.4, 0.5) is 28.9 Å². The van der Waals surface area contributed by atoms with E-state index in [0.717, 1.165) is 25.0 Å². The van der Waals surface area contributed by atoms with Gasteiger partial charge in [0.05, 0.1) is 23.5 Å². The summed E-state index contributed by atoms with van der Waals surface area (Å²) >= 11 is 6.10. The highest BCUT2D eigenvalue weighted by Crippen LogP contribution is 2.43. The Kier molecular flexibility index (Phi) is 4.73. The Balaban J connectivity index is 1.84. The Hall–Kier alpha value is -2.28. The molecule has 2 aliphatic rings. The van der Waals surface area contributed by atoms with Crippen LogP contribution >= 0.6 is 11.6 Å². The van der Waals surface area contributed by atoms with Crippen molar-refractivity contribution >= 4 is 28.9 Å². The number of hydrogen-bond donors (Lipinski definition) is 0. The largest absolute Gasteiger partial charge is 0.416 e. The third kappa shape index (κ3) is 3.21. The Morgan fingerprint density at radius 2 is 1.89 bits per heavy atom. The molecule has 0 spiro atoms. The molecule has 1 atom stereocenters. The molecular weight excluding hydrogens is 396 g/mol. The Morgan fingerprint density at radius 1 is 1.11 bits per heavy atom. The van der Waals surface area contributed by atoms with Crippen LogP contribution in [-0.2, 0) is 17.5 Å². The summed E-state index contributed by atoms with van der Waals surface area (Å²) in [6.07, 6.45) is -2.21. The van der Waals surface area contributed by atoms with E-state index in [2.05, 4.69) is 0 Å². The van der Waals surface area contributed by atoms with Crippen LogP contribution < -0.4 is 9.80 Å². The van der Waals surface area contributed by atoms with E-state index in [4.69, 9.17) is 11.6 Å². The average molecular weight is 413 g/mol. The van der Waals surface area contributed by atoms with E-state index in [1.807, 2.05) is 4.90 Å². The SMILES string of the molecule is O=C1[C@@H]2CCCCN2c2ccc(C(F)(F)F)cc2N1Cc1c(F)cccc1Cl. The van der Waals surface area contributed by atoms with Crippen LogP contribution in [0.2, 0.25) is 5.02 Å². The molecule has 2 aliphatic heterocycles. The number of halogens is 5. The number of piperidine rings is 1. The molecule has 0 unspecified atom stereocenters. The summed E-state index contributed by atoms with van der Waals surface area (Å²) in [6.45, 7) is 0.381. The lowest BCUT2D eigenvalue weighted by molar-refractivity contribution is -0.137. The first-order chi connectivity index (χ1) is 13.3. The van der Waals surface area contributed by atoms with Crippen molar-refractivity contribution in [2.24, 2.45) is 0 Å². The predicted octanol–water partition coefficient (Wildman–Crippen LogP) is 5.40. The zero-order chi connectivity index (χ0) is 20.1. The number of benzene rings is 2. The number of fused-ring (bicyclic) bond motifs is 3. The number of rotatable bonds is 2. The second-order valence-electron chi connectivity index (χ2n) is 7.03. The number of alkyl halides is 3. The highest BCUT2D eigenvalue weighted by Gasteiger charge is 2.41. The molecule has 4 rings (SSSR count). The molecule has 0 saturated carbocycles. The molecule has 1 saturated heterocycles. The second-order valence-corrected chi connectivity index (χ2v) is 7.44. The first-order valence-corrected chi connectivity index (χ1v) is 9.37. The van der Waals surface area contributed by atoms with E-state index >= 15 is 0 Å². The molecule has 0 aliphatic carbocycles. The van der Waals surface area contributed by atoms with E-state index in [9.17, 15) is 22.4 Å². The fourth-order valence-electron chi connectivity index (χ4n) is 3.94. The van der Waals surface area contributed by atoms with Gasteiger partial charge in [0.25, 0.3) is 0 Å². The summed E-state index contributed by atoms with van der Waals surface area (Å²) in [5.41, 5.74) is -0.0636. The van der Waals surface area contributed by atoms with Crippen LogP contribution in [0.5, 0.6) is 0 Å². The fraction of sp³-hybridized carbons (Fsp3) is 0.350. The van der Waals surface area contributed by atoms with Crippen LogP contribution in [-0.4, -0.2) is 18.5 Å². The molecule has 2 aromatic rings. The second kappa shape index (κ2) is 6.95. The normalized spacial score (nSPS) is 19.5. The van der Waals surface area contributed by atoms with Gasteiger partial charge in [-0.1, -0.05) is 17.7 Å². The minimum atomic E-state index is -4.54. The molecule has 1 fully saturated rings. The van der Waals surface area contributed by atoms with E-state index in [0.29, 0.717) is 18.7 Å². The van der Waals surface area contributed by atoms with Gasteiger partial charge in [-0.25, -0.2) is 4.39 Å². The Bertz CT molecular complexity index is 911. The summed E-state index contributed by atoms with van der Waals surface area (Å²) < 4.78 is 54.1. The highest BCUT2D eigenvalue weighted by molar-refractivity contribution is 6.31. The maximum absolute atomic E-state index is 14.3. The molecule has 0 aromatic heterocycles. The number of carbonyl (C=O) groups excluding carboxylic acids is 1. The fourth-order valence-corrected chi connectivity index (χ4v) is 4.16. The molecule has 0 bridgehead atoms. The maximum atomic E-state index is 14.3. The third-order valence-electron chi connectivity index (χ3n) is 5.33. The van der Waals surface area contributed by atoms with Gasteiger partial charge < -0.3 is 9.80 Å². The van der Waals surface area contributed by atoms with Gasteiger partial charge in [0.2, 0.25) is 5.91 Å². The molecule has 0 N–H and O–H groups in total. The number of nitrogens with zero attached hydrogens (tertiary/aromatic N) is 2.